The van der Waals surface area contributed by atoms with Gasteiger partial charge in [-0.15, -0.1) is 0 Å². The molecular weight excluding hydrogens is 280 g/mol. The standard InChI is InChI=1S/C22H30O/c1-15(20(23)16-11-9-8-10-12-16)18-13-17(21(2,3)4)14-19(18)22(5,6)7/h8-15,19H,1-7H3. The largest absolute Gasteiger partial charge is 0.294 e. The number of hydrogen-bond donors (Lipinski definition) is 0. The van der Waals surface area contributed by atoms with Crippen LogP contribution in [0.15, 0.2) is 53.6 Å². The molecule has 0 aliphatic heterocycles. The minimum atomic E-state index is -0.0854. The van der Waals surface area contributed by atoms with Crippen molar-refractivity contribution in [2.75, 3.05) is 0 Å². The molecule has 0 bridgehead atoms. The third-order valence-electron chi connectivity index (χ3n) is 4.78. The highest BCUT2D eigenvalue weighted by Crippen LogP contribution is 2.46. The zero-order valence-electron chi connectivity index (χ0n) is 15.6. The maximum Gasteiger partial charge on any atom is 0.169 e. The molecule has 2 rings (SSSR count). The van der Waals surface area contributed by atoms with Crippen LogP contribution in [0.2, 0.25) is 0 Å². The highest BCUT2D eigenvalue weighted by molar-refractivity contribution is 5.99. The number of benzene rings is 1. The van der Waals surface area contributed by atoms with Crippen molar-refractivity contribution < 1.29 is 4.79 Å². The highest BCUT2D eigenvalue weighted by Gasteiger charge is 2.36. The van der Waals surface area contributed by atoms with Crippen molar-refractivity contribution in [3.8, 4) is 0 Å². The molecule has 1 aliphatic rings. The predicted octanol–water partition coefficient (Wildman–Crippen LogP) is 6.08. The Morgan fingerprint density at radius 3 is 2.04 bits per heavy atom. The second kappa shape index (κ2) is 6.11. The van der Waals surface area contributed by atoms with Crippen molar-refractivity contribution in [1.29, 1.82) is 0 Å². The first-order valence-electron chi connectivity index (χ1n) is 8.55. The smallest absolute Gasteiger partial charge is 0.169 e. The fourth-order valence-electron chi connectivity index (χ4n) is 3.21. The monoisotopic (exact) mass is 310 g/mol. The third-order valence-corrected chi connectivity index (χ3v) is 4.78. The SMILES string of the molecule is CC(C(=O)c1ccccc1)C1=CC(C(C)(C)C)=CC1C(C)(C)C. The third kappa shape index (κ3) is 3.83. The van der Waals surface area contributed by atoms with E-state index in [2.05, 4.69) is 60.6 Å². The molecule has 0 heterocycles. The van der Waals surface area contributed by atoms with Crippen LogP contribution in [0.3, 0.4) is 0 Å². The summed E-state index contributed by atoms with van der Waals surface area (Å²) in [4.78, 5) is 12.9. The summed E-state index contributed by atoms with van der Waals surface area (Å²) in [7, 11) is 0. The van der Waals surface area contributed by atoms with E-state index >= 15 is 0 Å². The van der Waals surface area contributed by atoms with Crippen LogP contribution in [-0.2, 0) is 0 Å². The molecule has 2 unspecified atom stereocenters. The second-order valence-corrected chi connectivity index (χ2v) is 8.81. The van der Waals surface area contributed by atoms with E-state index in [0.717, 1.165) is 5.56 Å². The Hall–Kier alpha value is -1.63. The number of ketones is 1. The maximum absolute atomic E-state index is 12.9. The van der Waals surface area contributed by atoms with E-state index in [0.29, 0.717) is 5.92 Å². The van der Waals surface area contributed by atoms with Crippen molar-refractivity contribution >= 4 is 5.78 Å². The topological polar surface area (TPSA) is 17.1 Å². The van der Waals surface area contributed by atoms with Crippen LogP contribution < -0.4 is 0 Å². The van der Waals surface area contributed by atoms with Crippen LogP contribution in [0, 0.1) is 22.7 Å². The van der Waals surface area contributed by atoms with Gasteiger partial charge in [-0.2, -0.15) is 0 Å². The van der Waals surface area contributed by atoms with E-state index in [1.54, 1.807) is 0 Å². The van der Waals surface area contributed by atoms with Crippen LogP contribution >= 0.6 is 0 Å². The van der Waals surface area contributed by atoms with Gasteiger partial charge in [0.2, 0.25) is 0 Å². The molecule has 0 spiro atoms. The summed E-state index contributed by atoms with van der Waals surface area (Å²) in [6, 6.07) is 9.65. The van der Waals surface area contributed by atoms with Gasteiger partial charge in [-0.25, -0.2) is 0 Å². The molecule has 0 amide bonds. The van der Waals surface area contributed by atoms with Crippen molar-refractivity contribution in [2.45, 2.75) is 48.5 Å². The van der Waals surface area contributed by atoms with Gasteiger partial charge in [-0.05, 0) is 16.4 Å². The van der Waals surface area contributed by atoms with E-state index < -0.39 is 0 Å². The van der Waals surface area contributed by atoms with E-state index in [1.807, 2.05) is 30.3 Å². The Balaban J connectivity index is 2.38. The van der Waals surface area contributed by atoms with Gasteiger partial charge >= 0.3 is 0 Å². The molecule has 1 aromatic carbocycles. The predicted molar refractivity (Wildman–Crippen MR) is 98.5 cm³/mol. The fraction of sp³-hybridized carbons (Fsp3) is 0.500. The van der Waals surface area contributed by atoms with Gasteiger partial charge in [0.05, 0.1) is 0 Å². The Bertz CT molecular complexity index is 633. The van der Waals surface area contributed by atoms with Gasteiger partial charge in [0.15, 0.2) is 5.78 Å². The van der Waals surface area contributed by atoms with Gasteiger partial charge in [-0.3, -0.25) is 4.79 Å². The van der Waals surface area contributed by atoms with Gasteiger partial charge in [0.1, 0.15) is 0 Å². The van der Waals surface area contributed by atoms with E-state index in [1.165, 1.54) is 11.1 Å². The van der Waals surface area contributed by atoms with E-state index in [-0.39, 0.29) is 22.5 Å². The summed E-state index contributed by atoms with van der Waals surface area (Å²) in [6.45, 7) is 15.5. The molecule has 0 saturated heterocycles. The summed E-state index contributed by atoms with van der Waals surface area (Å²) < 4.78 is 0. The molecule has 23 heavy (non-hydrogen) atoms. The quantitative estimate of drug-likeness (QED) is 0.618. The van der Waals surface area contributed by atoms with Gasteiger partial charge in [-0.1, -0.05) is 96.5 Å². The van der Waals surface area contributed by atoms with Crippen LogP contribution in [-0.4, -0.2) is 5.78 Å². The number of hydrogen-bond acceptors (Lipinski definition) is 1. The van der Waals surface area contributed by atoms with Crippen molar-refractivity contribution in [3.63, 3.8) is 0 Å². The lowest BCUT2D eigenvalue weighted by Crippen LogP contribution is -2.25. The average Bonchev–Trinajstić information content (AvgIpc) is 2.92. The molecule has 0 N–H and O–H groups in total. The first-order valence-corrected chi connectivity index (χ1v) is 8.55. The minimum absolute atomic E-state index is 0.0854. The molecular formula is C22H30O. The maximum atomic E-state index is 12.9. The molecule has 2 atom stereocenters. The summed E-state index contributed by atoms with van der Waals surface area (Å²) >= 11 is 0. The molecule has 1 heteroatoms. The molecule has 0 radical (unpaired) electrons. The number of carbonyl (C=O) groups is 1. The summed E-state index contributed by atoms with van der Waals surface area (Å²) in [6.07, 6.45) is 4.66. The molecule has 1 aromatic rings. The second-order valence-electron chi connectivity index (χ2n) is 8.81. The van der Waals surface area contributed by atoms with Crippen LogP contribution in [0.4, 0.5) is 0 Å². The Morgan fingerprint density at radius 1 is 1.00 bits per heavy atom. The summed E-state index contributed by atoms with van der Waals surface area (Å²) in [5.74, 6) is 0.451. The van der Waals surface area contributed by atoms with E-state index in [4.69, 9.17) is 0 Å². The normalized spacial score (nSPS) is 20.0. The Kier molecular flexibility index (Phi) is 4.71. The zero-order valence-corrected chi connectivity index (χ0v) is 15.6. The van der Waals surface area contributed by atoms with Crippen LogP contribution in [0.5, 0.6) is 0 Å². The highest BCUT2D eigenvalue weighted by atomic mass is 16.1. The summed E-state index contributed by atoms with van der Waals surface area (Å²) in [5, 5.41) is 0. The summed E-state index contributed by atoms with van der Waals surface area (Å²) in [5.41, 5.74) is 3.64. The lowest BCUT2D eigenvalue weighted by atomic mass is 9.73. The molecule has 0 fully saturated rings. The number of carbonyl (C=O) groups excluding carboxylic acids is 1. The number of rotatable bonds is 3. The molecule has 124 valence electrons. The van der Waals surface area contributed by atoms with Crippen molar-refractivity contribution in [1.82, 2.24) is 0 Å². The lowest BCUT2D eigenvalue weighted by molar-refractivity contribution is 0.0940. The van der Waals surface area contributed by atoms with Gasteiger partial charge in [0, 0.05) is 17.4 Å². The number of allylic oxidation sites excluding steroid dienone is 4. The lowest BCUT2D eigenvalue weighted by Gasteiger charge is -2.31. The Morgan fingerprint density at radius 2 is 1.57 bits per heavy atom. The fourth-order valence-corrected chi connectivity index (χ4v) is 3.21. The first-order chi connectivity index (χ1) is 10.5. The van der Waals surface area contributed by atoms with Gasteiger partial charge < -0.3 is 0 Å². The van der Waals surface area contributed by atoms with E-state index in [9.17, 15) is 4.79 Å². The van der Waals surface area contributed by atoms with Crippen LogP contribution in [0.25, 0.3) is 0 Å². The molecule has 1 nitrogen and oxygen atoms in total. The zero-order chi connectivity index (χ0) is 17.4. The molecule has 0 saturated carbocycles. The average molecular weight is 310 g/mol. The number of Topliss-reactive ketones (excluding diaryl/α,β-unsaturated/α-hetero) is 1. The molecule has 1 aliphatic carbocycles. The molecule has 0 aromatic heterocycles. The minimum Gasteiger partial charge on any atom is -0.294 e. The Labute approximate surface area is 141 Å². The van der Waals surface area contributed by atoms with Gasteiger partial charge in [0.25, 0.3) is 0 Å². The van der Waals surface area contributed by atoms with Crippen molar-refractivity contribution in [3.05, 3.63) is 59.2 Å². The van der Waals surface area contributed by atoms with Crippen LogP contribution in [0.1, 0.15) is 58.8 Å². The van der Waals surface area contributed by atoms with Crippen molar-refractivity contribution in [2.24, 2.45) is 22.7 Å². The first kappa shape index (κ1) is 17.7.